The van der Waals surface area contributed by atoms with Crippen LogP contribution in [-0.4, -0.2) is 29.8 Å². The van der Waals surface area contributed by atoms with Crippen molar-refractivity contribution in [1.29, 1.82) is 0 Å². The lowest BCUT2D eigenvalue weighted by atomic mass is 10.3. The summed E-state index contributed by atoms with van der Waals surface area (Å²) < 4.78 is 0. The number of hydrogen-bond acceptors (Lipinski definition) is 2. The van der Waals surface area contributed by atoms with Gasteiger partial charge in [-0.15, -0.1) is 0 Å². The fourth-order valence-electron chi connectivity index (χ4n) is 1.13. The van der Waals surface area contributed by atoms with Gasteiger partial charge in [0.2, 0.25) is 11.8 Å². The van der Waals surface area contributed by atoms with Crippen LogP contribution in [0.2, 0.25) is 0 Å². The van der Waals surface area contributed by atoms with Gasteiger partial charge in [-0.1, -0.05) is 13.8 Å². The Morgan fingerprint density at radius 3 is 2.00 bits per heavy atom. The van der Waals surface area contributed by atoms with E-state index in [1.165, 1.54) is 6.08 Å². The minimum absolute atomic E-state index is 0.146. The summed E-state index contributed by atoms with van der Waals surface area (Å²) in [7, 11) is 0. The minimum atomic E-state index is -0.591. The van der Waals surface area contributed by atoms with Crippen molar-refractivity contribution in [3.63, 3.8) is 0 Å². The summed E-state index contributed by atoms with van der Waals surface area (Å²) in [6, 6.07) is 0. The maximum atomic E-state index is 11.5. The number of carbonyl (C=O) groups excluding carboxylic acids is 2. The molecule has 2 amide bonds. The van der Waals surface area contributed by atoms with Crippen LogP contribution in [0.5, 0.6) is 0 Å². The summed E-state index contributed by atoms with van der Waals surface area (Å²) in [6.07, 6.45) is 4.15. The van der Waals surface area contributed by atoms with Crippen LogP contribution >= 0.6 is 0 Å². The first kappa shape index (κ1) is 12.7. The van der Waals surface area contributed by atoms with Crippen LogP contribution in [-0.2, 0) is 9.59 Å². The molecule has 0 atom stereocenters. The fraction of sp³-hybridized carbons (Fsp3) is 0.600. The van der Waals surface area contributed by atoms with Crippen molar-refractivity contribution in [3.05, 3.63) is 12.2 Å². The lowest BCUT2D eigenvalue weighted by Gasteiger charge is -2.19. The van der Waals surface area contributed by atoms with Crippen LogP contribution in [0.4, 0.5) is 0 Å². The van der Waals surface area contributed by atoms with Crippen LogP contribution in [0.25, 0.3) is 0 Å². The summed E-state index contributed by atoms with van der Waals surface area (Å²) in [5, 5.41) is 0. The van der Waals surface area contributed by atoms with Crippen molar-refractivity contribution in [2.75, 3.05) is 13.1 Å². The third-order valence-electron chi connectivity index (χ3n) is 1.69. The smallest absolute Gasteiger partial charge is 0.246 e. The molecule has 2 N–H and O–H groups in total. The van der Waals surface area contributed by atoms with Crippen molar-refractivity contribution < 1.29 is 9.59 Å². The Kier molecular flexibility index (Phi) is 6.45. The van der Waals surface area contributed by atoms with E-state index in [4.69, 9.17) is 5.73 Å². The molecule has 0 aromatic heterocycles. The highest BCUT2D eigenvalue weighted by Crippen LogP contribution is 1.96. The Balaban J connectivity index is 4.20. The molecule has 0 aliphatic heterocycles. The Bertz CT molecular complexity index is 218. The summed E-state index contributed by atoms with van der Waals surface area (Å²) in [5.41, 5.74) is 4.89. The van der Waals surface area contributed by atoms with Crippen LogP contribution in [0.15, 0.2) is 12.2 Å². The van der Waals surface area contributed by atoms with Gasteiger partial charge >= 0.3 is 0 Å². The van der Waals surface area contributed by atoms with Gasteiger partial charge in [0.15, 0.2) is 0 Å². The summed E-state index contributed by atoms with van der Waals surface area (Å²) >= 11 is 0. The van der Waals surface area contributed by atoms with E-state index in [0.717, 1.165) is 32.0 Å². The Morgan fingerprint density at radius 2 is 1.64 bits per heavy atom. The number of rotatable bonds is 6. The standard InChI is InChI=1S/C10H18N2O2/c1-3-7-12(8-4-2)10(14)6-5-9(11)13/h5-6H,3-4,7-8H2,1-2H3,(H2,11,13). The van der Waals surface area contributed by atoms with E-state index in [9.17, 15) is 9.59 Å². The second-order valence-corrected chi connectivity index (χ2v) is 3.06. The molecule has 0 saturated carbocycles. The molecule has 14 heavy (non-hydrogen) atoms. The molecular weight excluding hydrogens is 180 g/mol. The van der Waals surface area contributed by atoms with Gasteiger partial charge in [-0.05, 0) is 12.8 Å². The lowest BCUT2D eigenvalue weighted by molar-refractivity contribution is -0.126. The van der Waals surface area contributed by atoms with Gasteiger partial charge in [0.05, 0.1) is 0 Å². The summed E-state index contributed by atoms with van der Waals surface area (Å²) in [6.45, 7) is 5.45. The van der Waals surface area contributed by atoms with Crippen molar-refractivity contribution in [3.8, 4) is 0 Å². The average Bonchev–Trinajstić information content (AvgIpc) is 2.14. The van der Waals surface area contributed by atoms with Crippen LogP contribution in [0.1, 0.15) is 26.7 Å². The van der Waals surface area contributed by atoms with Gasteiger partial charge in [0.1, 0.15) is 0 Å². The zero-order valence-corrected chi connectivity index (χ0v) is 8.82. The first-order valence-electron chi connectivity index (χ1n) is 4.88. The molecule has 0 aromatic rings. The first-order chi connectivity index (χ1) is 6.61. The Labute approximate surface area is 84.8 Å². The molecule has 0 spiro atoms. The predicted octanol–water partition coefficient (Wildman–Crippen LogP) is 0.676. The molecule has 0 aromatic carbocycles. The maximum Gasteiger partial charge on any atom is 0.246 e. The number of amides is 2. The van der Waals surface area contributed by atoms with E-state index in [1.54, 1.807) is 4.90 Å². The zero-order valence-electron chi connectivity index (χ0n) is 8.82. The highest BCUT2D eigenvalue weighted by Gasteiger charge is 2.07. The molecule has 0 saturated heterocycles. The van der Waals surface area contributed by atoms with Gasteiger partial charge in [0.25, 0.3) is 0 Å². The van der Waals surface area contributed by atoms with E-state index < -0.39 is 5.91 Å². The van der Waals surface area contributed by atoms with Crippen LogP contribution in [0.3, 0.4) is 0 Å². The average molecular weight is 198 g/mol. The van der Waals surface area contributed by atoms with Gasteiger partial charge in [-0.2, -0.15) is 0 Å². The van der Waals surface area contributed by atoms with Gasteiger partial charge < -0.3 is 10.6 Å². The molecule has 0 radical (unpaired) electrons. The second-order valence-electron chi connectivity index (χ2n) is 3.06. The van der Waals surface area contributed by atoms with Crippen LogP contribution in [0, 0.1) is 0 Å². The fourth-order valence-corrected chi connectivity index (χ4v) is 1.13. The number of nitrogens with zero attached hydrogens (tertiary/aromatic N) is 1. The normalized spacial score (nSPS) is 10.4. The van der Waals surface area contributed by atoms with E-state index >= 15 is 0 Å². The molecule has 4 nitrogen and oxygen atoms in total. The third-order valence-corrected chi connectivity index (χ3v) is 1.69. The number of nitrogens with two attached hydrogens (primary N) is 1. The minimum Gasteiger partial charge on any atom is -0.366 e. The molecule has 0 bridgehead atoms. The Hall–Kier alpha value is -1.32. The van der Waals surface area contributed by atoms with Gasteiger partial charge in [-0.3, -0.25) is 9.59 Å². The molecule has 0 aliphatic rings. The second kappa shape index (κ2) is 7.12. The van der Waals surface area contributed by atoms with Gasteiger partial charge in [0, 0.05) is 25.2 Å². The van der Waals surface area contributed by atoms with E-state index in [0.29, 0.717) is 0 Å². The number of primary amides is 1. The SMILES string of the molecule is CCCN(CCC)C(=O)C=CC(N)=O. The predicted molar refractivity (Wildman–Crippen MR) is 55.5 cm³/mol. The highest BCUT2D eigenvalue weighted by molar-refractivity contribution is 5.95. The zero-order chi connectivity index (χ0) is 11.0. The summed E-state index contributed by atoms with van der Waals surface area (Å²) in [4.78, 5) is 23.6. The number of hydrogen-bond donors (Lipinski definition) is 1. The molecule has 0 fully saturated rings. The van der Waals surface area contributed by atoms with Crippen molar-refractivity contribution in [2.45, 2.75) is 26.7 Å². The molecule has 0 rings (SSSR count). The monoisotopic (exact) mass is 198 g/mol. The van der Waals surface area contributed by atoms with Gasteiger partial charge in [-0.25, -0.2) is 0 Å². The molecule has 0 aliphatic carbocycles. The van der Waals surface area contributed by atoms with Crippen molar-refractivity contribution in [2.24, 2.45) is 5.73 Å². The molecule has 80 valence electrons. The molecular formula is C10H18N2O2. The van der Waals surface area contributed by atoms with Crippen molar-refractivity contribution >= 4 is 11.8 Å². The summed E-state index contributed by atoms with van der Waals surface area (Å²) in [5.74, 6) is -0.737. The number of carbonyl (C=O) groups is 2. The molecule has 4 heteroatoms. The van der Waals surface area contributed by atoms with E-state index in [1.807, 2.05) is 13.8 Å². The molecule has 0 heterocycles. The first-order valence-corrected chi connectivity index (χ1v) is 4.88. The lowest BCUT2D eigenvalue weighted by Crippen LogP contribution is -2.31. The van der Waals surface area contributed by atoms with E-state index in [2.05, 4.69) is 0 Å². The van der Waals surface area contributed by atoms with Crippen molar-refractivity contribution in [1.82, 2.24) is 4.90 Å². The maximum absolute atomic E-state index is 11.5. The third kappa shape index (κ3) is 5.35. The Morgan fingerprint density at radius 1 is 1.14 bits per heavy atom. The topological polar surface area (TPSA) is 63.4 Å². The quantitative estimate of drug-likeness (QED) is 0.638. The largest absolute Gasteiger partial charge is 0.366 e. The molecule has 0 unspecified atom stereocenters. The highest BCUT2D eigenvalue weighted by atomic mass is 16.2. The van der Waals surface area contributed by atoms with E-state index in [-0.39, 0.29) is 5.91 Å². The van der Waals surface area contributed by atoms with Crippen LogP contribution < -0.4 is 5.73 Å².